The second kappa shape index (κ2) is 6.20. The molecule has 23 heavy (non-hydrogen) atoms. The van der Waals surface area contributed by atoms with Crippen LogP contribution in [0.25, 0.3) is 11.0 Å². The number of anilines is 1. The third-order valence-electron chi connectivity index (χ3n) is 3.68. The van der Waals surface area contributed by atoms with Crippen LogP contribution in [0.2, 0.25) is 0 Å². The van der Waals surface area contributed by atoms with Gasteiger partial charge in [-0.2, -0.15) is 0 Å². The minimum absolute atomic E-state index is 0.0222. The topological polar surface area (TPSA) is 42.2 Å². The highest BCUT2D eigenvalue weighted by Crippen LogP contribution is 2.24. The monoisotopic (exact) mass is 315 g/mol. The number of amides is 1. The summed E-state index contributed by atoms with van der Waals surface area (Å²) in [5.74, 6) is -1.72. The average Bonchev–Trinajstić information content (AvgIpc) is 2.93. The zero-order valence-electron chi connectivity index (χ0n) is 12.5. The van der Waals surface area contributed by atoms with Crippen molar-refractivity contribution in [3.63, 3.8) is 0 Å². The van der Waals surface area contributed by atoms with E-state index in [1.165, 1.54) is 6.26 Å². The van der Waals surface area contributed by atoms with Crippen LogP contribution < -0.4 is 5.32 Å². The Bertz CT molecular complexity index is 871. The summed E-state index contributed by atoms with van der Waals surface area (Å²) in [5.41, 5.74) is 2.39. The number of fused-ring (bicyclic) bond motifs is 1. The average molecular weight is 315 g/mol. The van der Waals surface area contributed by atoms with E-state index in [2.05, 4.69) is 5.32 Å². The molecule has 0 fully saturated rings. The molecular formula is C18H15F2NO2. The first-order valence-corrected chi connectivity index (χ1v) is 7.30. The van der Waals surface area contributed by atoms with E-state index in [0.29, 0.717) is 11.1 Å². The summed E-state index contributed by atoms with van der Waals surface area (Å²) in [6, 6.07) is 8.75. The molecule has 0 radical (unpaired) electrons. The maximum absolute atomic E-state index is 13.5. The first-order valence-electron chi connectivity index (χ1n) is 7.30. The van der Waals surface area contributed by atoms with E-state index >= 15 is 0 Å². The third kappa shape index (κ3) is 3.23. The van der Waals surface area contributed by atoms with Crippen LogP contribution in [-0.2, 0) is 17.6 Å². The Labute approximate surface area is 131 Å². The fourth-order valence-electron chi connectivity index (χ4n) is 2.45. The van der Waals surface area contributed by atoms with Crippen molar-refractivity contribution in [2.24, 2.45) is 0 Å². The molecule has 3 rings (SSSR count). The van der Waals surface area contributed by atoms with Gasteiger partial charge in [-0.25, -0.2) is 8.78 Å². The van der Waals surface area contributed by atoms with Gasteiger partial charge < -0.3 is 9.73 Å². The van der Waals surface area contributed by atoms with Crippen molar-refractivity contribution in [3.05, 3.63) is 65.4 Å². The molecule has 0 unspecified atom stereocenters. The summed E-state index contributed by atoms with van der Waals surface area (Å²) < 4.78 is 32.1. The second-order valence-electron chi connectivity index (χ2n) is 5.29. The van der Waals surface area contributed by atoms with Gasteiger partial charge in [-0.3, -0.25) is 4.79 Å². The van der Waals surface area contributed by atoms with Gasteiger partial charge in [0.1, 0.15) is 17.2 Å². The maximum Gasteiger partial charge on any atom is 0.229 e. The number of halogens is 2. The minimum atomic E-state index is -0.676. The van der Waals surface area contributed by atoms with E-state index in [4.69, 9.17) is 4.42 Å². The molecule has 0 spiro atoms. The van der Waals surface area contributed by atoms with Gasteiger partial charge in [0.05, 0.1) is 18.4 Å². The van der Waals surface area contributed by atoms with Crippen molar-refractivity contribution in [1.29, 1.82) is 0 Å². The van der Waals surface area contributed by atoms with E-state index in [-0.39, 0.29) is 12.1 Å². The third-order valence-corrected chi connectivity index (χ3v) is 3.68. The fourth-order valence-corrected chi connectivity index (χ4v) is 2.45. The number of nitrogens with one attached hydrogen (secondary N) is 1. The summed E-state index contributed by atoms with van der Waals surface area (Å²) in [5, 5.41) is 3.23. The molecule has 1 aromatic heterocycles. The van der Waals surface area contributed by atoms with Crippen molar-refractivity contribution in [3.8, 4) is 0 Å². The van der Waals surface area contributed by atoms with Crippen LogP contribution in [0.15, 0.2) is 47.1 Å². The van der Waals surface area contributed by atoms with Crippen LogP contribution in [-0.4, -0.2) is 5.91 Å². The highest BCUT2D eigenvalue weighted by atomic mass is 19.1. The van der Waals surface area contributed by atoms with E-state index < -0.39 is 17.5 Å². The highest BCUT2D eigenvalue weighted by Gasteiger charge is 2.13. The lowest BCUT2D eigenvalue weighted by atomic mass is 10.1. The first kappa shape index (κ1) is 15.2. The van der Waals surface area contributed by atoms with E-state index in [0.717, 1.165) is 35.6 Å². The molecule has 3 nitrogen and oxygen atoms in total. The van der Waals surface area contributed by atoms with Crippen LogP contribution in [0, 0.1) is 11.6 Å². The molecule has 2 aromatic carbocycles. The van der Waals surface area contributed by atoms with Gasteiger partial charge in [-0.1, -0.05) is 19.1 Å². The first-order chi connectivity index (χ1) is 11.1. The largest absolute Gasteiger partial charge is 0.464 e. The Hall–Kier alpha value is -2.69. The number of carbonyl (C=O) groups excluding carboxylic acids is 1. The Balaban J connectivity index is 1.79. The molecule has 1 N–H and O–H groups in total. The van der Waals surface area contributed by atoms with Gasteiger partial charge in [-0.05, 0) is 30.2 Å². The van der Waals surface area contributed by atoms with Gasteiger partial charge in [0.15, 0.2) is 0 Å². The molecule has 1 heterocycles. The van der Waals surface area contributed by atoms with Gasteiger partial charge in [0.2, 0.25) is 5.91 Å². The lowest BCUT2D eigenvalue weighted by Gasteiger charge is -2.06. The molecule has 0 aliphatic rings. The number of carbonyl (C=O) groups is 1. The van der Waals surface area contributed by atoms with Gasteiger partial charge in [0, 0.05) is 17.0 Å². The van der Waals surface area contributed by atoms with Crippen molar-refractivity contribution < 1.29 is 18.0 Å². The molecule has 0 aliphatic heterocycles. The molecule has 3 aromatic rings. The van der Waals surface area contributed by atoms with Crippen molar-refractivity contribution in [2.45, 2.75) is 19.8 Å². The number of benzene rings is 2. The molecule has 118 valence electrons. The Morgan fingerprint density at radius 2 is 2.00 bits per heavy atom. The van der Waals surface area contributed by atoms with Crippen molar-refractivity contribution in [2.75, 3.05) is 5.32 Å². The smallest absolute Gasteiger partial charge is 0.229 e. The van der Waals surface area contributed by atoms with E-state index in [9.17, 15) is 13.6 Å². The lowest BCUT2D eigenvalue weighted by Crippen LogP contribution is -2.15. The van der Waals surface area contributed by atoms with E-state index in [1.54, 1.807) is 0 Å². The van der Waals surface area contributed by atoms with Crippen LogP contribution in [0.4, 0.5) is 14.5 Å². The maximum atomic E-state index is 13.5. The molecular weight excluding hydrogens is 300 g/mol. The normalized spacial score (nSPS) is 10.9. The van der Waals surface area contributed by atoms with Gasteiger partial charge in [-0.15, -0.1) is 0 Å². The SMILES string of the molecule is CCc1ccc2c(CC(=O)Nc3cc(F)ccc3F)coc2c1. The predicted molar refractivity (Wildman–Crippen MR) is 84.3 cm³/mol. The van der Waals surface area contributed by atoms with Gasteiger partial charge in [0.25, 0.3) is 0 Å². The molecule has 0 saturated carbocycles. The molecule has 0 saturated heterocycles. The van der Waals surface area contributed by atoms with Crippen molar-refractivity contribution >= 4 is 22.6 Å². The van der Waals surface area contributed by atoms with Crippen LogP contribution in [0.5, 0.6) is 0 Å². The van der Waals surface area contributed by atoms with Crippen LogP contribution in [0.3, 0.4) is 0 Å². The summed E-state index contributed by atoms with van der Waals surface area (Å²) in [6.45, 7) is 2.05. The molecule has 0 aliphatic carbocycles. The summed E-state index contributed by atoms with van der Waals surface area (Å²) in [6.07, 6.45) is 2.44. The van der Waals surface area contributed by atoms with Crippen molar-refractivity contribution in [1.82, 2.24) is 0 Å². The number of rotatable bonds is 4. The number of aryl methyl sites for hydroxylation is 1. The lowest BCUT2D eigenvalue weighted by molar-refractivity contribution is -0.115. The van der Waals surface area contributed by atoms with Crippen LogP contribution in [0.1, 0.15) is 18.1 Å². The Kier molecular flexibility index (Phi) is 4.10. The molecule has 1 amide bonds. The molecule has 0 atom stereocenters. The number of hydrogen-bond donors (Lipinski definition) is 1. The minimum Gasteiger partial charge on any atom is -0.464 e. The van der Waals surface area contributed by atoms with Crippen LogP contribution >= 0.6 is 0 Å². The highest BCUT2D eigenvalue weighted by molar-refractivity contribution is 5.95. The quantitative estimate of drug-likeness (QED) is 0.772. The molecule has 0 bridgehead atoms. The Morgan fingerprint density at radius 3 is 2.78 bits per heavy atom. The standard InChI is InChI=1S/C18H15F2NO2/c1-2-11-3-5-14-12(10-23-17(14)7-11)8-18(22)21-16-9-13(19)4-6-15(16)20/h3-7,9-10H,2,8H2,1H3,(H,21,22). The Morgan fingerprint density at radius 1 is 1.17 bits per heavy atom. The second-order valence-corrected chi connectivity index (χ2v) is 5.29. The number of furan rings is 1. The summed E-state index contributed by atoms with van der Waals surface area (Å²) in [7, 11) is 0. The fraction of sp³-hybridized carbons (Fsp3) is 0.167. The predicted octanol–water partition coefficient (Wildman–Crippen LogP) is 4.45. The van der Waals surface area contributed by atoms with E-state index in [1.807, 2.05) is 25.1 Å². The number of hydrogen-bond acceptors (Lipinski definition) is 2. The summed E-state index contributed by atoms with van der Waals surface area (Å²) >= 11 is 0. The molecule has 5 heteroatoms. The zero-order valence-corrected chi connectivity index (χ0v) is 12.5. The summed E-state index contributed by atoms with van der Waals surface area (Å²) in [4.78, 5) is 12.1. The zero-order chi connectivity index (χ0) is 16.4. The van der Waals surface area contributed by atoms with Gasteiger partial charge >= 0.3 is 0 Å².